The van der Waals surface area contributed by atoms with E-state index in [-0.39, 0.29) is 12.5 Å². The summed E-state index contributed by atoms with van der Waals surface area (Å²) < 4.78 is 0. The van der Waals surface area contributed by atoms with Crippen LogP contribution in [0.4, 0.5) is 0 Å². The molecule has 196 valence electrons. The molecule has 0 aromatic rings. The van der Waals surface area contributed by atoms with Crippen molar-refractivity contribution in [2.24, 2.45) is 0 Å². The molecule has 3 atom stereocenters. The molecule has 3 unspecified atom stereocenters. The van der Waals surface area contributed by atoms with Crippen LogP contribution in [0.2, 0.25) is 0 Å². The van der Waals surface area contributed by atoms with Crippen LogP contribution in [0, 0.1) is 0 Å². The van der Waals surface area contributed by atoms with Crippen molar-refractivity contribution in [3.63, 3.8) is 0 Å². The second-order valence-electron chi connectivity index (χ2n) is 9.41. The minimum atomic E-state index is -1.06. The number of rotatable bonds is 22. The Balaban J connectivity index is 3.59. The summed E-state index contributed by atoms with van der Waals surface area (Å²) in [6.07, 6.45) is 17.7. The summed E-state index contributed by atoms with van der Waals surface area (Å²) >= 11 is 0. The molecular formula is C26H52N2O5. The van der Waals surface area contributed by atoms with Gasteiger partial charge in [0, 0.05) is 6.42 Å². The molecule has 0 aromatic carbocycles. The fraction of sp³-hybridized carbons (Fsp3) is 0.923. The van der Waals surface area contributed by atoms with Crippen molar-refractivity contribution >= 4 is 11.9 Å². The van der Waals surface area contributed by atoms with Crippen LogP contribution in [0.25, 0.3) is 0 Å². The highest BCUT2D eigenvalue weighted by molar-refractivity contribution is 5.81. The SMILES string of the molecule is CCCCCCCCCCCCCCCCCC(=O)NCC(=O)ON(C(C)O)C(C)C(C)O. The Hall–Kier alpha value is -1.18. The van der Waals surface area contributed by atoms with Crippen LogP contribution in [0.1, 0.15) is 130 Å². The molecule has 0 spiro atoms. The Morgan fingerprint density at radius 3 is 1.58 bits per heavy atom. The largest absolute Gasteiger partial charge is 0.392 e. The van der Waals surface area contributed by atoms with E-state index in [1.165, 1.54) is 84.0 Å². The molecular weight excluding hydrogens is 420 g/mol. The monoisotopic (exact) mass is 472 g/mol. The van der Waals surface area contributed by atoms with Crippen LogP contribution in [-0.2, 0) is 14.4 Å². The molecule has 0 bridgehead atoms. The molecule has 0 aliphatic heterocycles. The standard InChI is InChI=1S/C26H52N2O5/c1-5-6-7-8-9-10-11-12-13-14-15-16-17-18-19-20-25(31)27-21-26(32)33-28(24(4)30)22(2)23(3)29/h22-24,29-30H,5-21H2,1-4H3,(H,27,31). The van der Waals surface area contributed by atoms with E-state index < -0.39 is 24.3 Å². The number of carbonyl (C=O) groups excluding carboxylic acids is 2. The zero-order valence-corrected chi connectivity index (χ0v) is 21.8. The summed E-state index contributed by atoms with van der Waals surface area (Å²) in [6.45, 7) is 6.64. The summed E-state index contributed by atoms with van der Waals surface area (Å²) in [5.74, 6) is -0.845. The molecule has 0 fully saturated rings. The lowest BCUT2D eigenvalue weighted by molar-refractivity contribution is -0.252. The third-order valence-corrected chi connectivity index (χ3v) is 6.11. The zero-order chi connectivity index (χ0) is 24.9. The van der Waals surface area contributed by atoms with E-state index in [2.05, 4.69) is 12.2 Å². The second-order valence-corrected chi connectivity index (χ2v) is 9.41. The van der Waals surface area contributed by atoms with Gasteiger partial charge in [-0.2, -0.15) is 0 Å². The first kappa shape index (κ1) is 31.8. The molecule has 3 N–H and O–H groups in total. The smallest absolute Gasteiger partial charge is 0.344 e. The number of hydrogen-bond acceptors (Lipinski definition) is 6. The Morgan fingerprint density at radius 2 is 1.18 bits per heavy atom. The molecule has 7 heteroatoms. The number of aliphatic hydroxyl groups excluding tert-OH is 2. The Labute approximate surface area is 202 Å². The molecule has 0 heterocycles. The molecule has 7 nitrogen and oxygen atoms in total. The minimum absolute atomic E-state index is 0.172. The lowest BCUT2D eigenvalue weighted by atomic mass is 10.0. The predicted molar refractivity (Wildman–Crippen MR) is 133 cm³/mol. The summed E-state index contributed by atoms with van der Waals surface area (Å²) in [5, 5.41) is 22.9. The molecule has 0 radical (unpaired) electrons. The van der Waals surface area contributed by atoms with E-state index in [0.29, 0.717) is 6.42 Å². The van der Waals surface area contributed by atoms with Gasteiger partial charge in [-0.3, -0.25) is 4.79 Å². The van der Waals surface area contributed by atoms with Crippen molar-refractivity contribution in [1.82, 2.24) is 10.4 Å². The number of aliphatic hydroxyl groups is 2. The quantitative estimate of drug-likeness (QED) is 0.113. The molecule has 0 saturated heterocycles. The van der Waals surface area contributed by atoms with Gasteiger partial charge in [0.25, 0.3) is 0 Å². The highest BCUT2D eigenvalue weighted by Crippen LogP contribution is 2.14. The Bertz CT molecular complexity index is 485. The fourth-order valence-electron chi connectivity index (χ4n) is 3.78. The van der Waals surface area contributed by atoms with Crippen molar-refractivity contribution in [2.45, 2.75) is 149 Å². The third-order valence-electron chi connectivity index (χ3n) is 6.11. The van der Waals surface area contributed by atoms with Crippen molar-refractivity contribution in [1.29, 1.82) is 0 Å². The van der Waals surface area contributed by atoms with Crippen LogP contribution >= 0.6 is 0 Å². The van der Waals surface area contributed by atoms with Crippen LogP contribution in [0.15, 0.2) is 0 Å². The molecule has 1 amide bonds. The van der Waals surface area contributed by atoms with Gasteiger partial charge in [0.1, 0.15) is 12.8 Å². The van der Waals surface area contributed by atoms with E-state index >= 15 is 0 Å². The van der Waals surface area contributed by atoms with Gasteiger partial charge in [0.15, 0.2) is 0 Å². The number of hydroxylamine groups is 2. The van der Waals surface area contributed by atoms with E-state index in [4.69, 9.17) is 4.84 Å². The topological polar surface area (TPSA) is 99.1 Å². The molecule has 0 rings (SSSR count). The third kappa shape index (κ3) is 18.9. The molecule has 0 aliphatic carbocycles. The molecule has 33 heavy (non-hydrogen) atoms. The lowest BCUT2D eigenvalue weighted by Crippen LogP contribution is -2.48. The maximum Gasteiger partial charge on any atom is 0.344 e. The van der Waals surface area contributed by atoms with E-state index in [9.17, 15) is 19.8 Å². The molecule has 0 aromatic heterocycles. The van der Waals surface area contributed by atoms with E-state index in [1.54, 1.807) is 13.8 Å². The van der Waals surface area contributed by atoms with Gasteiger partial charge >= 0.3 is 5.97 Å². The van der Waals surface area contributed by atoms with Crippen LogP contribution in [-0.4, -0.2) is 52.1 Å². The number of hydrogen-bond donors (Lipinski definition) is 3. The number of nitrogens with one attached hydrogen (secondary N) is 1. The van der Waals surface area contributed by atoms with Crippen molar-refractivity contribution in [3.05, 3.63) is 0 Å². The summed E-state index contributed by atoms with van der Waals surface area (Å²) in [4.78, 5) is 28.9. The highest BCUT2D eigenvalue weighted by Gasteiger charge is 2.26. The van der Waals surface area contributed by atoms with E-state index in [0.717, 1.165) is 24.3 Å². The Morgan fingerprint density at radius 1 is 0.758 bits per heavy atom. The average molecular weight is 473 g/mol. The van der Waals surface area contributed by atoms with Gasteiger partial charge < -0.3 is 20.4 Å². The normalized spacial score (nSPS) is 14.2. The van der Waals surface area contributed by atoms with E-state index in [1.807, 2.05) is 0 Å². The summed E-state index contributed by atoms with van der Waals surface area (Å²) in [5.41, 5.74) is 0. The minimum Gasteiger partial charge on any atom is -0.392 e. The number of amides is 1. The number of nitrogens with zero attached hydrogens (tertiary/aromatic N) is 1. The second kappa shape index (κ2) is 21.4. The van der Waals surface area contributed by atoms with Crippen LogP contribution in [0.3, 0.4) is 0 Å². The molecule has 0 saturated carbocycles. The van der Waals surface area contributed by atoms with Crippen molar-refractivity contribution in [2.75, 3.05) is 6.54 Å². The highest BCUT2D eigenvalue weighted by atomic mass is 16.7. The van der Waals surface area contributed by atoms with Crippen molar-refractivity contribution < 1.29 is 24.6 Å². The number of carbonyl (C=O) groups is 2. The lowest BCUT2D eigenvalue weighted by Gasteiger charge is -2.31. The fourth-order valence-corrected chi connectivity index (χ4v) is 3.78. The predicted octanol–water partition coefficient (Wildman–Crippen LogP) is 5.23. The van der Waals surface area contributed by atoms with Crippen LogP contribution < -0.4 is 5.32 Å². The van der Waals surface area contributed by atoms with Gasteiger partial charge in [-0.25, -0.2) is 4.79 Å². The van der Waals surface area contributed by atoms with Gasteiger partial charge in [0.05, 0.1) is 12.1 Å². The van der Waals surface area contributed by atoms with Crippen molar-refractivity contribution in [3.8, 4) is 0 Å². The first-order valence-corrected chi connectivity index (χ1v) is 13.4. The maximum atomic E-state index is 11.9. The zero-order valence-electron chi connectivity index (χ0n) is 21.8. The van der Waals surface area contributed by atoms with Gasteiger partial charge in [0.2, 0.25) is 5.91 Å². The van der Waals surface area contributed by atoms with Gasteiger partial charge in [-0.15, -0.1) is 5.06 Å². The van der Waals surface area contributed by atoms with Gasteiger partial charge in [-0.1, -0.05) is 96.8 Å². The van der Waals surface area contributed by atoms with Gasteiger partial charge in [-0.05, 0) is 27.2 Å². The average Bonchev–Trinajstić information content (AvgIpc) is 2.77. The first-order chi connectivity index (χ1) is 15.8. The maximum absolute atomic E-state index is 11.9. The molecule has 0 aliphatic rings. The first-order valence-electron chi connectivity index (χ1n) is 13.4. The number of unbranched alkanes of at least 4 members (excludes halogenated alkanes) is 14. The summed E-state index contributed by atoms with van der Waals surface area (Å²) in [7, 11) is 0. The Kier molecular flexibility index (Phi) is 20.6. The summed E-state index contributed by atoms with van der Waals surface area (Å²) in [6, 6.07) is -0.565. The van der Waals surface area contributed by atoms with Crippen LogP contribution in [0.5, 0.6) is 0 Å².